The number of halogens is 1. The molecule has 5 heteroatoms. The number of carbonyl (C=O) groups is 1. The summed E-state index contributed by atoms with van der Waals surface area (Å²) in [5.74, 6) is 1.34. The Morgan fingerprint density at radius 2 is 2.04 bits per heavy atom. The molecule has 2 unspecified atom stereocenters. The van der Waals surface area contributed by atoms with E-state index < -0.39 is 6.10 Å². The maximum atomic E-state index is 12.6. The lowest BCUT2D eigenvalue weighted by atomic mass is 10.1. The quantitative estimate of drug-likeness (QED) is 0.749. The van der Waals surface area contributed by atoms with E-state index in [1.807, 2.05) is 37.3 Å². The molecule has 2 aromatic carbocycles. The predicted octanol–water partition coefficient (Wildman–Crippen LogP) is 4.70. The van der Waals surface area contributed by atoms with Gasteiger partial charge in [0, 0.05) is 13.0 Å². The van der Waals surface area contributed by atoms with Gasteiger partial charge in [0.1, 0.15) is 17.6 Å². The van der Waals surface area contributed by atoms with Gasteiger partial charge in [-0.2, -0.15) is 0 Å². The Balaban J connectivity index is 1.60. The first-order valence-electron chi connectivity index (χ1n) is 9.51. The van der Waals surface area contributed by atoms with Gasteiger partial charge in [-0.05, 0) is 54.7 Å². The molecular weight excluding hydrogens is 362 g/mol. The molecule has 0 radical (unpaired) electrons. The van der Waals surface area contributed by atoms with Gasteiger partial charge in [-0.3, -0.25) is 4.79 Å². The number of fused-ring (bicyclic) bond motifs is 1. The standard InChI is InChI=1S/C22H26ClNO3/c1-4-15-6-9-21(18(23)12-15)27-19(5-2)22(25)24-13-16-7-8-20-17(11-16)10-14(3)26-20/h6-9,11-12,14,19H,4-5,10,13H2,1-3H3,(H,24,25). The van der Waals surface area contributed by atoms with Crippen molar-refractivity contribution >= 4 is 17.5 Å². The Kier molecular flexibility index (Phi) is 6.27. The zero-order valence-electron chi connectivity index (χ0n) is 16.0. The van der Waals surface area contributed by atoms with Crippen molar-refractivity contribution in [3.63, 3.8) is 0 Å². The van der Waals surface area contributed by atoms with Gasteiger partial charge < -0.3 is 14.8 Å². The van der Waals surface area contributed by atoms with Gasteiger partial charge in [-0.1, -0.05) is 43.6 Å². The SMILES string of the molecule is CCc1ccc(OC(CC)C(=O)NCc2ccc3c(c2)CC(C)O3)c(Cl)c1. The van der Waals surface area contributed by atoms with E-state index in [2.05, 4.69) is 25.2 Å². The van der Waals surface area contributed by atoms with Crippen molar-refractivity contribution in [2.75, 3.05) is 0 Å². The zero-order chi connectivity index (χ0) is 19.4. The molecule has 0 bridgehead atoms. The van der Waals surface area contributed by atoms with Crippen molar-refractivity contribution in [1.29, 1.82) is 0 Å². The van der Waals surface area contributed by atoms with E-state index in [0.717, 1.165) is 29.7 Å². The molecule has 0 spiro atoms. The van der Waals surface area contributed by atoms with Crippen LogP contribution >= 0.6 is 11.6 Å². The number of rotatable bonds is 7. The van der Waals surface area contributed by atoms with Crippen molar-refractivity contribution in [2.45, 2.75) is 58.8 Å². The zero-order valence-corrected chi connectivity index (χ0v) is 16.8. The summed E-state index contributed by atoms with van der Waals surface area (Å²) >= 11 is 6.28. The van der Waals surface area contributed by atoms with Crippen molar-refractivity contribution in [1.82, 2.24) is 5.32 Å². The van der Waals surface area contributed by atoms with Gasteiger partial charge in [-0.15, -0.1) is 0 Å². The highest BCUT2D eigenvalue weighted by Gasteiger charge is 2.21. The predicted molar refractivity (Wildman–Crippen MR) is 108 cm³/mol. The molecule has 0 aromatic heterocycles. The van der Waals surface area contributed by atoms with Gasteiger partial charge in [-0.25, -0.2) is 0 Å². The van der Waals surface area contributed by atoms with E-state index in [4.69, 9.17) is 21.1 Å². The Morgan fingerprint density at radius 3 is 2.74 bits per heavy atom. The van der Waals surface area contributed by atoms with Crippen molar-refractivity contribution in [3.05, 3.63) is 58.1 Å². The van der Waals surface area contributed by atoms with E-state index in [1.165, 1.54) is 5.56 Å². The van der Waals surface area contributed by atoms with Gasteiger partial charge in [0.25, 0.3) is 5.91 Å². The lowest BCUT2D eigenvalue weighted by Gasteiger charge is -2.18. The van der Waals surface area contributed by atoms with Crippen LogP contribution in [0.15, 0.2) is 36.4 Å². The molecular formula is C22H26ClNO3. The number of ether oxygens (including phenoxy) is 2. The topological polar surface area (TPSA) is 47.6 Å². The minimum atomic E-state index is -0.576. The van der Waals surface area contributed by atoms with Crippen LogP contribution in [0.4, 0.5) is 0 Å². The third-order valence-electron chi connectivity index (χ3n) is 4.76. The second kappa shape index (κ2) is 8.66. The second-order valence-electron chi connectivity index (χ2n) is 6.93. The molecule has 2 aromatic rings. The first-order chi connectivity index (χ1) is 13.0. The van der Waals surface area contributed by atoms with Crippen LogP contribution in [-0.4, -0.2) is 18.1 Å². The molecule has 0 aliphatic carbocycles. The van der Waals surface area contributed by atoms with Crippen LogP contribution in [0, 0.1) is 0 Å². The van der Waals surface area contributed by atoms with Gasteiger partial charge in [0.05, 0.1) is 5.02 Å². The van der Waals surface area contributed by atoms with Crippen molar-refractivity contribution in [3.8, 4) is 11.5 Å². The number of nitrogens with one attached hydrogen (secondary N) is 1. The molecule has 144 valence electrons. The summed E-state index contributed by atoms with van der Waals surface area (Å²) in [5, 5.41) is 3.50. The molecule has 1 amide bonds. The number of carbonyl (C=O) groups excluding carboxylic acids is 1. The monoisotopic (exact) mass is 387 g/mol. The molecule has 1 aliphatic heterocycles. The Morgan fingerprint density at radius 1 is 1.26 bits per heavy atom. The number of benzene rings is 2. The van der Waals surface area contributed by atoms with Crippen LogP contribution in [0.5, 0.6) is 11.5 Å². The van der Waals surface area contributed by atoms with Crippen LogP contribution in [0.25, 0.3) is 0 Å². The molecule has 1 heterocycles. The molecule has 1 N–H and O–H groups in total. The molecule has 2 atom stereocenters. The highest BCUT2D eigenvalue weighted by molar-refractivity contribution is 6.32. The minimum Gasteiger partial charge on any atom is -0.490 e. The fourth-order valence-electron chi connectivity index (χ4n) is 3.22. The highest BCUT2D eigenvalue weighted by Crippen LogP contribution is 2.29. The van der Waals surface area contributed by atoms with Gasteiger partial charge in [0.15, 0.2) is 6.10 Å². The van der Waals surface area contributed by atoms with E-state index >= 15 is 0 Å². The average molecular weight is 388 g/mol. The van der Waals surface area contributed by atoms with Crippen LogP contribution in [0.1, 0.15) is 43.9 Å². The van der Waals surface area contributed by atoms with E-state index in [0.29, 0.717) is 23.7 Å². The number of amides is 1. The van der Waals surface area contributed by atoms with Crippen LogP contribution < -0.4 is 14.8 Å². The molecule has 0 saturated carbocycles. The summed E-state index contributed by atoms with van der Waals surface area (Å²) in [6.45, 7) is 6.51. The number of hydrogen-bond donors (Lipinski definition) is 1. The summed E-state index contributed by atoms with van der Waals surface area (Å²) in [5.41, 5.74) is 3.39. The summed E-state index contributed by atoms with van der Waals surface area (Å²) in [6.07, 6.45) is 2.01. The first kappa shape index (κ1) is 19.6. The molecule has 0 saturated heterocycles. The molecule has 1 aliphatic rings. The lowest BCUT2D eigenvalue weighted by molar-refractivity contribution is -0.128. The Bertz CT molecular complexity index is 821. The molecule has 27 heavy (non-hydrogen) atoms. The fourth-order valence-corrected chi connectivity index (χ4v) is 3.47. The summed E-state index contributed by atoms with van der Waals surface area (Å²) in [4.78, 5) is 12.6. The van der Waals surface area contributed by atoms with Crippen LogP contribution in [0.3, 0.4) is 0 Å². The van der Waals surface area contributed by atoms with E-state index in [-0.39, 0.29) is 12.0 Å². The Hall–Kier alpha value is -2.20. The van der Waals surface area contributed by atoms with Gasteiger partial charge in [0.2, 0.25) is 0 Å². The van der Waals surface area contributed by atoms with Crippen LogP contribution in [0.2, 0.25) is 5.02 Å². The number of aryl methyl sites for hydroxylation is 1. The molecule has 0 fully saturated rings. The maximum Gasteiger partial charge on any atom is 0.261 e. The Labute approximate surface area is 165 Å². The largest absolute Gasteiger partial charge is 0.490 e. The third-order valence-corrected chi connectivity index (χ3v) is 5.06. The summed E-state index contributed by atoms with van der Waals surface area (Å²) in [6, 6.07) is 11.7. The fraction of sp³-hybridized carbons (Fsp3) is 0.409. The summed E-state index contributed by atoms with van der Waals surface area (Å²) in [7, 11) is 0. The summed E-state index contributed by atoms with van der Waals surface area (Å²) < 4.78 is 11.6. The second-order valence-corrected chi connectivity index (χ2v) is 7.33. The normalized spacial score (nSPS) is 16.4. The lowest BCUT2D eigenvalue weighted by Crippen LogP contribution is -2.37. The number of hydrogen-bond acceptors (Lipinski definition) is 3. The molecule has 4 nitrogen and oxygen atoms in total. The highest BCUT2D eigenvalue weighted by atomic mass is 35.5. The third kappa shape index (κ3) is 4.75. The van der Waals surface area contributed by atoms with E-state index in [9.17, 15) is 4.79 Å². The first-order valence-corrected chi connectivity index (χ1v) is 9.89. The van der Waals surface area contributed by atoms with E-state index in [1.54, 1.807) is 0 Å². The van der Waals surface area contributed by atoms with Crippen LogP contribution in [-0.2, 0) is 24.2 Å². The molecule has 3 rings (SSSR count). The van der Waals surface area contributed by atoms with Gasteiger partial charge >= 0.3 is 0 Å². The maximum absolute atomic E-state index is 12.6. The van der Waals surface area contributed by atoms with Crippen molar-refractivity contribution in [2.24, 2.45) is 0 Å². The smallest absolute Gasteiger partial charge is 0.261 e. The minimum absolute atomic E-state index is 0.141. The van der Waals surface area contributed by atoms with Crippen molar-refractivity contribution < 1.29 is 14.3 Å². The average Bonchev–Trinajstić information content (AvgIpc) is 3.04.